The van der Waals surface area contributed by atoms with Crippen LogP contribution in [0.3, 0.4) is 0 Å². The molecule has 0 saturated carbocycles. The first-order chi connectivity index (χ1) is 15.0. The number of fused-ring (bicyclic) bond motifs is 1. The molecule has 1 amide bonds. The van der Waals surface area contributed by atoms with Crippen LogP contribution in [0.1, 0.15) is 54.4 Å². The lowest BCUT2D eigenvalue weighted by atomic mass is 10.0. The predicted molar refractivity (Wildman–Crippen MR) is 126 cm³/mol. The summed E-state index contributed by atoms with van der Waals surface area (Å²) in [6.45, 7) is 8.34. The highest BCUT2D eigenvalue weighted by Crippen LogP contribution is 2.38. The van der Waals surface area contributed by atoms with Gasteiger partial charge < -0.3 is 10.7 Å². The lowest BCUT2D eigenvalue weighted by Gasteiger charge is -2.33. The van der Waals surface area contributed by atoms with Gasteiger partial charge in [-0.25, -0.2) is 4.68 Å². The summed E-state index contributed by atoms with van der Waals surface area (Å²) in [7, 11) is 0. The maximum atomic E-state index is 13.4. The number of hydrogen-bond acceptors (Lipinski definition) is 5. The molecule has 4 rings (SSSR count). The number of carbonyl (C=O) groups is 1. The molecule has 6 nitrogen and oxygen atoms in total. The van der Waals surface area contributed by atoms with E-state index in [1.165, 1.54) is 22.9 Å². The fourth-order valence-electron chi connectivity index (χ4n) is 3.85. The standard InChI is InChI=1S/C24H29N5OS/c1-5-7-20-26-27-24-29(20)28-21(18-11-9-17(6-2)10-12-18)22(31-24)23(30)25-19-13-8-15(3)14-16(19)4/h8-14,21-22,28H,5-7H2,1-4H3,(H,25,30)/t21-,22+/m1/s1. The van der Waals surface area contributed by atoms with Crippen LogP contribution < -0.4 is 10.7 Å². The van der Waals surface area contributed by atoms with Crippen molar-refractivity contribution in [2.75, 3.05) is 10.7 Å². The minimum absolute atomic E-state index is 0.0414. The van der Waals surface area contributed by atoms with Crippen LogP contribution in [-0.4, -0.2) is 26.0 Å². The summed E-state index contributed by atoms with van der Waals surface area (Å²) in [5.74, 6) is 0.855. The Morgan fingerprint density at radius 2 is 1.90 bits per heavy atom. The van der Waals surface area contributed by atoms with Crippen molar-refractivity contribution in [3.8, 4) is 0 Å². The van der Waals surface area contributed by atoms with Gasteiger partial charge in [0.15, 0.2) is 5.82 Å². The summed E-state index contributed by atoms with van der Waals surface area (Å²) in [6, 6.07) is 14.4. The summed E-state index contributed by atoms with van der Waals surface area (Å²) in [5.41, 5.74) is 8.96. The number of nitrogens with one attached hydrogen (secondary N) is 2. The molecule has 2 heterocycles. The highest BCUT2D eigenvalue weighted by Gasteiger charge is 2.37. The van der Waals surface area contributed by atoms with Gasteiger partial charge in [0.1, 0.15) is 5.25 Å². The number of rotatable bonds is 6. The van der Waals surface area contributed by atoms with Crippen molar-refractivity contribution in [1.82, 2.24) is 14.9 Å². The first kappa shape index (κ1) is 21.4. The van der Waals surface area contributed by atoms with E-state index in [0.717, 1.165) is 47.1 Å². The Bertz CT molecular complexity index is 1080. The Hall–Kier alpha value is -2.80. The van der Waals surface area contributed by atoms with E-state index in [-0.39, 0.29) is 17.2 Å². The van der Waals surface area contributed by atoms with Gasteiger partial charge in [-0.05, 0) is 49.4 Å². The molecule has 0 radical (unpaired) electrons. The first-order valence-electron chi connectivity index (χ1n) is 10.8. The van der Waals surface area contributed by atoms with Crippen molar-refractivity contribution in [3.63, 3.8) is 0 Å². The third kappa shape index (κ3) is 4.46. The largest absolute Gasteiger partial charge is 0.325 e. The molecule has 0 spiro atoms. The number of aromatic nitrogens is 3. The number of aryl methyl sites for hydroxylation is 4. The van der Waals surface area contributed by atoms with Crippen LogP contribution in [0.25, 0.3) is 0 Å². The van der Waals surface area contributed by atoms with Gasteiger partial charge in [0, 0.05) is 12.1 Å². The molecular weight excluding hydrogens is 406 g/mol. The molecule has 1 aliphatic rings. The first-order valence-corrected chi connectivity index (χ1v) is 11.7. The zero-order chi connectivity index (χ0) is 22.0. The number of hydrogen-bond donors (Lipinski definition) is 2. The molecule has 0 fully saturated rings. The second kappa shape index (κ2) is 9.14. The Labute approximate surface area is 187 Å². The molecule has 2 N–H and O–H groups in total. The number of anilines is 1. The second-order valence-electron chi connectivity index (χ2n) is 8.03. The van der Waals surface area contributed by atoms with Crippen LogP contribution in [0.2, 0.25) is 0 Å². The molecule has 162 valence electrons. The van der Waals surface area contributed by atoms with Gasteiger partial charge in [-0.15, -0.1) is 10.2 Å². The lowest BCUT2D eigenvalue weighted by Crippen LogP contribution is -2.41. The van der Waals surface area contributed by atoms with Crippen molar-refractivity contribution in [2.45, 2.75) is 63.4 Å². The molecule has 31 heavy (non-hydrogen) atoms. The van der Waals surface area contributed by atoms with Crippen molar-refractivity contribution >= 4 is 23.4 Å². The van der Waals surface area contributed by atoms with Gasteiger partial charge in [0.05, 0.1) is 6.04 Å². The number of thioether (sulfide) groups is 1. The van der Waals surface area contributed by atoms with Crippen molar-refractivity contribution in [3.05, 3.63) is 70.5 Å². The minimum atomic E-state index is -0.376. The van der Waals surface area contributed by atoms with Crippen LogP contribution in [0.5, 0.6) is 0 Å². The van der Waals surface area contributed by atoms with Crippen molar-refractivity contribution in [2.24, 2.45) is 0 Å². The normalized spacial score (nSPS) is 17.7. The SMILES string of the molecule is CCCc1nnc2n1N[C@H](c1ccc(CC)cc1)[C@@H](C(=O)Nc1ccc(C)cc1C)S2. The molecule has 0 saturated heterocycles. The smallest absolute Gasteiger partial charge is 0.240 e. The van der Waals surface area contributed by atoms with Crippen LogP contribution >= 0.6 is 11.8 Å². The predicted octanol–water partition coefficient (Wildman–Crippen LogP) is 4.81. The molecule has 1 aliphatic heterocycles. The highest BCUT2D eigenvalue weighted by atomic mass is 32.2. The van der Waals surface area contributed by atoms with Gasteiger partial charge >= 0.3 is 0 Å². The van der Waals surface area contributed by atoms with Gasteiger partial charge in [0.25, 0.3) is 0 Å². The maximum absolute atomic E-state index is 13.4. The van der Waals surface area contributed by atoms with E-state index in [0.29, 0.717) is 0 Å². The molecule has 2 aromatic carbocycles. The zero-order valence-electron chi connectivity index (χ0n) is 18.5. The van der Waals surface area contributed by atoms with E-state index >= 15 is 0 Å². The molecule has 3 aromatic rings. The minimum Gasteiger partial charge on any atom is -0.325 e. The van der Waals surface area contributed by atoms with Gasteiger partial charge in [-0.2, -0.15) is 0 Å². The van der Waals surface area contributed by atoms with E-state index in [1.807, 2.05) is 23.7 Å². The monoisotopic (exact) mass is 435 g/mol. The van der Waals surface area contributed by atoms with E-state index in [2.05, 4.69) is 72.0 Å². The summed E-state index contributed by atoms with van der Waals surface area (Å²) < 4.78 is 1.95. The molecule has 0 unspecified atom stereocenters. The van der Waals surface area contributed by atoms with Gasteiger partial charge in [-0.1, -0.05) is 67.6 Å². The van der Waals surface area contributed by atoms with Crippen LogP contribution in [-0.2, 0) is 17.6 Å². The van der Waals surface area contributed by atoms with E-state index in [4.69, 9.17) is 0 Å². The fraction of sp³-hybridized carbons (Fsp3) is 0.375. The van der Waals surface area contributed by atoms with E-state index in [1.54, 1.807) is 0 Å². The second-order valence-corrected chi connectivity index (χ2v) is 9.14. The maximum Gasteiger partial charge on any atom is 0.240 e. The molecule has 0 bridgehead atoms. The number of carbonyl (C=O) groups excluding carboxylic acids is 1. The quantitative estimate of drug-likeness (QED) is 0.581. The fourth-order valence-corrected chi connectivity index (χ4v) is 4.95. The average molecular weight is 436 g/mol. The molecule has 2 atom stereocenters. The third-order valence-corrected chi connectivity index (χ3v) is 6.84. The van der Waals surface area contributed by atoms with Crippen molar-refractivity contribution in [1.29, 1.82) is 0 Å². The third-order valence-electron chi connectivity index (χ3n) is 5.62. The zero-order valence-corrected chi connectivity index (χ0v) is 19.3. The Balaban J connectivity index is 1.67. The topological polar surface area (TPSA) is 71.8 Å². The van der Waals surface area contributed by atoms with Crippen molar-refractivity contribution < 1.29 is 4.79 Å². The number of amides is 1. The van der Waals surface area contributed by atoms with E-state index < -0.39 is 0 Å². The molecular formula is C24H29N5OS. The molecule has 7 heteroatoms. The van der Waals surface area contributed by atoms with Gasteiger partial charge in [0.2, 0.25) is 11.1 Å². The number of benzene rings is 2. The summed E-state index contributed by atoms with van der Waals surface area (Å²) >= 11 is 1.47. The van der Waals surface area contributed by atoms with Crippen LogP contribution in [0.4, 0.5) is 5.69 Å². The Kier molecular flexibility index (Phi) is 6.32. The summed E-state index contributed by atoms with van der Waals surface area (Å²) in [6.07, 6.45) is 2.80. The average Bonchev–Trinajstić information content (AvgIpc) is 3.17. The molecule has 0 aliphatic carbocycles. The summed E-state index contributed by atoms with van der Waals surface area (Å²) in [4.78, 5) is 13.4. The Morgan fingerprint density at radius 1 is 1.13 bits per heavy atom. The summed E-state index contributed by atoms with van der Waals surface area (Å²) in [5, 5.41) is 12.2. The van der Waals surface area contributed by atoms with Gasteiger partial charge in [-0.3, -0.25) is 4.79 Å². The van der Waals surface area contributed by atoms with Crippen LogP contribution in [0, 0.1) is 13.8 Å². The highest BCUT2D eigenvalue weighted by molar-refractivity contribution is 8.00. The lowest BCUT2D eigenvalue weighted by molar-refractivity contribution is -0.116. The van der Waals surface area contributed by atoms with Crippen LogP contribution in [0.15, 0.2) is 47.6 Å². The molecule has 1 aromatic heterocycles. The van der Waals surface area contributed by atoms with E-state index in [9.17, 15) is 4.79 Å². The number of nitrogens with zero attached hydrogens (tertiary/aromatic N) is 3. The Morgan fingerprint density at radius 3 is 2.58 bits per heavy atom.